The van der Waals surface area contributed by atoms with E-state index in [1.165, 1.54) is 54.3 Å². The van der Waals surface area contributed by atoms with E-state index in [0.717, 1.165) is 4.31 Å². The molecule has 0 radical (unpaired) electrons. The Labute approximate surface area is 233 Å². The van der Waals surface area contributed by atoms with E-state index in [1.54, 1.807) is 44.2 Å². The molecule has 1 heterocycles. The van der Waals surface area contributed by atoms with Gasteiger partial charge in [-0.15, -0.1) is 0 Å². The number of carbonyl (C=O) groups excluding carboxylic acids is 2. The molecule has 2 amide bonds. The van der Waals surface area contributed by atoms with Gasteiger partial charge in [0.1, 0.15) is 31.6 Å². The lowest BCUT2D eigenvalue weighted by molar-refractivity contribution is -0.139. The molecule has 9 nitrogen and oxygen atoms in total. The van der Waals surface area contributed by atoms with Crippen LogP contribution >= 0.6 is 0 Å². The van der Waals surface area contributed by atoms with Crippen LogP contribution in [0.15, 0.2) is 77.7 Å². The van der Waals surface area contributed by atoms with Crippen molar-refractivity contribution in [2.75, 3.05) is 24.1 Å². The number of amides is 2. The molecule has 0 fully saturated rings. The average Bonchev–Trinajstić information content (AvgIpc) is 2.94. The summed E-state index contributed by atoms with van der Waals surface area (Å²) in [5.41, 5.74) is 0.364. The fourth-order valence-corrected chi connectivity index (χ4v) is 5.66. The average molecular weight is 570 g/mol. The summed E-state index contributed by atoms with van der Waals surface area (Å²) in [7, 11) is -4.24. The SMILES string of the molecule is CC(C)NC(=O)C(C)N(Cc1ccccc1F)C(=O)CN(c1ccc2c(c1)OCCO2)S(=O)(=O)c1ccccc1. The van der Waals surface area contributed by atoms with E-state index in [1.807, 2.05) is 0 Å². The Hall–Kier alpha value is -4.12. The summed E-state index contributed by atoms with van der Waals surface area (Å²) in [6.07, 6.45) is 0. The second kappa shape index (κ2) is 12.4. The highest BCUT2D eigenvalue weighted by Gasteiger charge is 2.33. The fraction of sp³-hybridized carbons (Fsp3) is 0.310. The number of anilines is 1. The predicted molar refractivity (Wildman–Crippen MR) is 148 cm³/mol. The zero-order valence-corrected chi connectivity index (χ0v) is 23.4. The monoisotopic (exact) mass is 569 g/mol. The van der Waals surface area contributed by atoms with Gasteiger partial charge in [0.2, 0.25) is 11.8 Å². The molecule has 0 aromatic heterocycles. The van der Waals surface area contributed by atoms with Crippen molar-refractivity contribution in [2.24, 2.45) is 0 Å². The molecule has 0 saturated carbocycles. The number of benzene rings is 3. The molecule has 1 aliphatic heterocycles. The number of hydrogen-bond acceptors (Lipinski definition) is 6. The van der Waals surface area contributed by atoms with Crippen LogP contribution in [0.25, 0.3) is 0 Å². The molecule has 0 aliphatic carbocycles. The third-order valence-corrected chi connectivity index (χ3v) is 8.11. The van der Waals surface area contributed by atoms with Crippen LogP contribution in [0.5, 0.6) is 11.5 Å². The highest BCUT2D eigenvalue weighted by Crippen LogP contribution is 2.36. The lowest BCUT2D eigenvalue weighted by Crippen LogP contribution is -2.52. The molecule has 1 atom stereocenters. The molecule has 3 aromatic rings. The van der Waals surface area contributed by atoms with Gasteiger partial charge in [-0.1, -0.05) is 36.4 Å². The van der Waals surface area contributed by atoms with Crippen LogP contribution in [0.2, 0.25) is 0 Å². The van der Waals surface area contributed by atoms with E-state index in [9.17, 15) is 22.4 Å². The molecular formula is C29H32FN3O6S. The first kappa shape index (κ1) is 28.9. The molecule has 40 heavy (non-hydrogen) atoms. The van der Waals surface area contributed by atoms with Gasteiger partial charge in [-0.05, 0) is 51.1 Å². The highest BCUT2D eigenvalue weighted by molar-refractivity contribution is 7.92. The van der Waals surface area contributed by atoms with E-state index in [4.69, 9.17) is 9.47 Å². The summed E-state index contributed by atoms with van der Waals surface area (Å²) in [4.78, 5) is 28.0. The Morgan fingerprint density at radius 2 is 1.57 bits per heavy atom. The van der Waals surface area contributed by atoms with Crippen LogP contribution in [-0.2, 0) is 26.2 Å². The third kappa shape index (κ3) is 6.53. The normalized spacial score (nSPS) is 13.4. The molecule has 0 bridgehead atoms. The van der Waals surface area contributed by atoms with Gasteiger partial charge in [0.25, 0.3) is 10.0 Å². The molecule has 212 valence electrons. The summed E-state index contributed by atoms with van der Waals surface area (Å²) >= 11 is 0. The van der Waals surface area contributed by atoms with E-state index in [0.29, 0.717) is 24.7 Å². The zero-order valence-electron chi connectivity index (χ0n) is 22.5. The zero-order chi connectivity index (χ0) is 28.9. The molecule has 0 spiro atoms. The second-order valence-corrected chi connectivity index (χ2v) is 11.5. The number of sulfonamides is 1. The van der Waals surface area contributed by atoms with Crippen molar-refractivity contribution in [1.82, 2.24) is 10.2 Å². The van der Waals surface area contributed by atoms with Crippen LogP contribution in [0, 0.1) is 5.82 Å². The Morgan fingerprint density at radius 3 is 2.25 bits per heavy atom. The summed E-state index contributed by atoms with van der Waals surface area (Å²) in [5.74, 6) is -0.881. The van der Waals surface area contributed by atoms with Gasteiger partial charge in [0.15, 0.2) is 11.5 Å². The third-order valence-electron chi connectivity index (χ3n) is 6.32. The minimum Gasteiger partial charge on any atom is -0.486 e. The number of fused-ring (bicyclic) bond motifs is 1. The number of hydrogen-bond donors (Lipinski definition) is 1. The number of rotatable bonds is 10. The smallest absolute Gasteiger partial charge is 0.264 e. The summed E-state index contributed by atoms with van der Waals surface area (Å²) in [5, 5.41) is 2.76. The van der Waals surface area contributed by atoms with E-state index in [2.05, 4.69) is 5.32 Å². The Kier molecular flexibility index (Phi) is 8.93. The minimum absolute atomic E-state index is 0.0241. The first-order valence-electron chi connectivity index (χ1n) is 12.9. The topological polar surface area (TPSA) is 105 Å². The number of halogens is 1. The standard InChI is InChI=1S/C29H32FN3O6S/c1-20(2)31-29(35)21(3)32(18-22-9-7-8-12-25(22)30)28(34)19-33(40(36,37)24-10-5-4-6-11-24)23-13-14-26-27(17-23)39-16-15-38-26/h4-14,17,20-21H,15-16,18-19H2,1-3H3,(H,31,35). The predicted octanol–water partition coefficient (Wildman–Crippen LogP) is 3.73. The first-order valence-corrected chi connectivity index (χ1v) is 14.3. The van der Waals surface area contributed by atoms with Crippen molar-refractivity contribution in [1.29, 1.82) is 0 Å². The second-order valence-electron chi connectivity index (χ2n) is 9.61. The van der Waals surface area contributed by atoms with Gasteiger partial charge in [0.05, 0.1) is 10.6 Å². The molecule has 4 rings (SSSR count). The molecule has 0 saturated heterocycles. The molecule has 3 aromatic carbocycles. The molecule has 11 heteroatoms. The largest absolute Gasteiger partial charge is 0.486 e. The lowest BCUT2D eigenvalue weighted by Gasteiger charge is -2.32. The molecule has 1 aliphatic rings. The van der Waals surface area contributed by atoms with E-state index in [-0.39, 0.29) is 28.7 Å². The number of nitrogens with zero attached hydrogens (tertiary/aromatic N) is 2. The van der Waals surface area contributed by atoms with Crippen molar-refractivity contribution < 1.29 is 31.9 Å². The first-order chi connectivity index (χ1) is 19.1. The quantitative estimate of drug-likeness (QED) is 0.399. The molecule has 1 unspecified atom stereocenters. The Morgan fingerprint density at radius 1 is 0.925 bits per heavy atom. The Balaban J connectivity index is 1.74. The van der Waals surface area contributed by atoms with E-state index >= 15 is 0 Å². The maximum Gasteiger partial charge on any atom is 0.264 e. The number of nitrogens with one attached hydrogen (secondary N) is 1. The van der Waals surface area contributed by atoms with Gasteiger partial charge < -0.3 is 19.7 Å². The van der Waals surface area contributed by atoms with Crippen LogP contribution in [0.3, 0.4) is 0 Å². The van der Waals surface area contributed by atoms with Gasteiger partial charge in [-0.25, -0.2) is 12.8 Å². The van der Waals surface area contributed by atoms with Crippen molar-refractivity contribution in [3.8, 4) is 11.5 Å². The van der Waals surface area contributed by atoms with Gasteiger partial charge >= 0.3 is 0 Å². The summed E-state index contributed by atoms with van der Waals surface area (Å²) < 4.78 is 54.5. The maximum absolute atomic E-state index is 14.6. The lowest BCUT2D eigenvalue weighted by atomic mass is 10.1. The molecular weight excluding hydrogens is 537 g/mol. The van der Waals surface area contributed by atoms with Gasteiger partial charge in [-0.2, -0.15) is 0 Å². The summed E-state index contributed by atoms with van der Waals surface area (Å²) in [6.45, 7) is 4.85. The number of ether oxygens (including phenoxy) is 2. The van der Waals surface area contributed by atoms with Gasteiger partial charge in [0, 0.05) is 24.2 Å². The Bertz CT molecular complexity index is 1470. The minimum atomic E-state index is -4.24. The van der Waals surface area contributed by atoms with E-state index < -0.39 is 40.2 Å². The highest BCUT2D eigenvalue weighted by atomic mass is 32.2. The summed E-state index contributed by atoms with van der Waals surface area (Å²) in [6, 6.07) is 17.0. The van der Waals surface area contributed by atoms with Gasteiger partial charge in [-0.3, -0.25) is 13.9 Å². The van der Waals surface area contributed by atoms with Crippen LogP contribution in [0.4, 0.5) is 10.1 Å². The van der Waals surface area contributed by atoms with Crippen LogP contribution < -0.4 is 19.1 Å². The van der Waals surface area contributed by atoms with Crippen molar-refractivity contribution in [3.63, 3.8) is 0 Å². The maximum atomic E-state index is 14.6. The molecule has 1 N–H and O–H groups in total. The van der Waals surface area contributed by atoms with Crippen molar-refractivity contribution in [3.05, 3.63) is 84.2 Å². The van der Waals surface area contributed by atoms with Crippen LogP contribution in [-0.4, -0.2) is 57.0 Å². The van der Waals surface area contributed by atoms with Crippen LogP contribution in [0.1, 0.15) is 26.3 Å². The van der Waals surface area contributed by atoms with Crippen molar-refractivity contribution >= 4 is 27.5 Å². The van der Waals surface area contributed by atoms with Crippen molar-refractivity contribution in [2.45, 2.75) is 44.3 Å². The fourth-order valence-electron chi connectivity index (χ4n) is 4.23. The number of carbonyl (C=O) groups is 2.